The molecule has 0 N–H and O–H groups in total. The van der Waals surface area contributed by atoms with Crippen molar-refractivity contribution in [2.45, 2.75) is 15.8 Å². The average Bonchev–Trinajstić information content (AvgIpc) is 2.00. The first-order chi connectivity index (χ1) is 6.31. The third-order valence-electron chi connectivity index (χ3n) is 1.52. The van der Waals surface area contributed by atoms with Crippen LogP contribution in [-0.2, 0) is 4.74 Å². The third kappa shape index (κ3) is 3.73. The highest BCUT2D eigenvalue weighted by molar-refractivity contribution is 6.67. The summed E-state index contributed by atoms with van der Waals surface area (Å²) in [7, 11) is 0. The number of halogens is 5. The topological polar surface area (TPSA) is 9.23 Å². The molecule has 1 unspecified atom stereocenters. The number of ether oxygens (including phenoxy) is 1. The first-order valence-electron chi connectivity index (χ1n) is 3.73. The fourth-order valence-corrected chi connectivity index (χ4v) is 1.11. The normalized spacial score (nSPS) is 25.4. The summed E-state index contributed by atoms with van der Waals surface area (Å²) >= 11 is 16.1. The smallest absolute Gasteiger partial charge is 0.295 e. The van der Waals surface area contributed by atoms with E-state index in [0.29, 0.717) is 0 Å². The highest BCUT2D eigenvalue weighted by Gasteiger charge is 2.38. The molecule has 1 nitrogen and oxygen atoms in total. The summed E-state index contributed by atoms with van der Waals surface area (Å²) in [6.45, 7) is -0.379. The minimum Gasteiger partial charge on any atom is -0.363 e. The largest absolute Gasteiger partial charge is 0.363 e. The van der Waals surface area contributed by atoms with E-state index in [0.717, 1.165) is 6.08 Å². The zero-order valence-corrected chi connectivity index (χ0v) is 9.16. The molecule has 6 heteroatoms. The predicted octanol–water partition coefficient (Wildman–Crippen LogP) is 3.50. The maximum atomic E-state index is 13.1. The van der Waals surface area contributed by atoms with Gasteiger partial charge in [0.2, 0.25) is 3.79 Å². The Morgan fingerprint density at radius 3 is 2.43 bits per heavy atom. The maximum Gasteiger partial charge on any atom is 0.295 e. The van der Waals surface area contributed by atoms with Gasteiger partial charge >= 0.3 is 0 Å². The van der Waals surface area contributed by atoms with Crippen molar-refractivity contribution in [1.82, 2.24) is 0 Å². The van der Waals surface area contributed by atoms with Crippen LogP contribution in [-0.4, -0.2) is 22.4 Å². The van der Waals surface area contributed by atoms with E-state index < -0.39 is 15.8 Å². The molecule has 80 valence electrons. The second kappa shape index (κ2) is 4.35. The summed E-state index contributed by atoms with van der Waals surface area (Å²) in [5.41, 5.74) is 0. The van der Waals surface area contributed by atoms with E-state index in [1.165, 1.54) is 18.2 Å². The van der Waals surface area contributed by atoms with Gasteiger partial charge in [0.15, 0.2) is 0 Å². The van der Waals surface area contributed by atoms with Crippen LogP contribution in [0, 0.1) is 0 Å². The lowest BCUT2D eigenvalue weighted by Crippen LogP contribution is -2.35. The van der Waals surface area contributed by atoms with Crippen LogP contribution in [0.5, 0.6) is 0 Å². The molecule has 0 saturated carbocycles. The summed E-state index contributed by atoms with van der Waals surface area (Å²) in [4.78, 5) is 0. The van der Waals surface area contributed by atoms with Crippen LogP contribution in [0.1, 0.15) is 0 Å². The van der Waals surface area contributed by atoms with E-state index in [9.17, 15) is 8.78 Å². The lowest BCUT2D eigenvalue weighted by molar-refractivity contribution is -0.0818. The van der Waals surface area contributed by atoms with Gasteiger partial charge in [0.25, 0.3) is 5.92 Å². The Morgan fingerprint density at radius 1 is 1.29 bits per heavy atom. The van der Waals surface area contributed by atoms with Gasteiger partial charge in [0, 0.05) is 0 Å². The van der Waals surface area contributed by atoms with Gasteiger partial charge in [0.1, 0.15) is 6.10 Å². The van der Waals surface area contributed by atoms with Gasteiger partial charge in [-0.1, -0.05) is 47.0 Å². The van der Waals surface area contributed by atoms with Crippen LogP contribution in [0.2, 0.25) is 0 Å². The molecule has 0 spiro atoms. The second-order valence-corrected chi connectivity index (χ2v) is 5.28. The zero-order chi connectivity index (χ0) is 10.8. The molecule has 0 saturated heterocycles. The van der Waals surface area contributed by atoms with Gasteiger partial charge in [-0.05, 0) is 12.2 Å². The Hall–Kier alpha value is 0.170. The number of rotatable bonds is 2. The van der Waals surface area contributed by atoms with Gasteiger partial charge in [-0.2, -0.15) is 8.78 Å². The van der Waals surface area contributed by atoms with E-state index in [2.05, 4.69) is 0 Å². The minimum atomic E-state index is -3.05. The molecule has 0 aromatic heterocycles. The molecule has 0 radical (unpaired) electrons. The van der Waals surface area contributed by atoms with Crippen molar-refractivity contribution in [1.29, 1.82) is 0 Å². The molecule has 0 aliphatic heterocycles. The molecule has 1 aliphatic rings. The first-order valence-corrected chi connectivity index (χ1v) is 4.87. The fraction of sp³-hybridized carbons (Fsp3) is 0.500. The van der Waals surface area contributed by atoms with E-state index in [-0.39, 0.29) is 6.61 Å². The Bertz CT molecular complexity index is 258. The van der Waals surface area contributed by atoms with Gasteiger partial charge in [0.05, 0.1) is 6.61 Å². The van der Waals surface area contributed by atoms with E-state index in [1.54, 1.807) is 0 Å². The van der Waals surface area contributed by atoms with Crippen LogP contribution < -0.4 is 0 Å². The lowest BCUT2D eigenvalue weighted by atomic mass is 10.1. The van der Waals surface area contributed by atoms with Crippen molar-refractivity contribution < 1.29 is 13.5 Å². The molecule has 0 heterocycles. The molecule has 0 aromatic rings. The average molecular weight is 263 g/mol. The summed E-state index contributed by atoms with van der Waals surface area (Å²) in [6, 6.07) is 0. The Balaban J connectivity index is 2.53. The molecule has 0 fully saturated rings. The molecule has 14 heavy (non-hydrogen) atoms. The summed E-state index contributed by atoms with van der Waals surface area (Å²) in [5, 5.41) is 0. The van der Waals surface area contributed by atoms with Gasteiger partial charge in [-0.3, -0.25) is 0 Å². The summed E-state index contributed by atoms with van der Waals surface area (Å²) in [6.07, 6.45) is 3.30. The predicted molar refractivity (Wildman–Crippen MR) is 53.3 cm³/mol. The SMILES string of the molecule is FC1(F)C=CC=CC1OCC(Cl)(Cl)Cl. The van der Waals surface area contributed by atoms with Crippen LogP contribution >= 0.6 is 34.8 Å². The summed E-state index contributed by atoms with van der Waals surface area (Å²) in [5.74, 6) is -3.05. The van der Waals surface area contributed by atoms with E-state index in [1.807, 2.05) is 0 Å². The molecule has 0 bridgehead atoms. The number of hydrogen-bond donors (Lipinski definition) is 0. The first kappa shape index (κ1) is 12.2. The lowest BCUT2D eigenvalue weighted by Gasteiger charge is -2.25. The Morgan fingerprint density at radius 2 is 1.93 bits per heavy atom. The molecule has 0 amide bonds. The molecular formula is C8H7Cl3F2O. The van der Waals surface area contributed by atoms with Gasteiger partial charge in [-0.15, -0.1) is 0 Å². The Kier molecular flexibility index (Phi) is 3.81. The highest BCUT2D eigenvalue weighted by Crippen LogP contribution is 2.31. The van der Waals surface area contributed by atoms with E-state index >= 15 is 0 Å². The Labute approximate surface area is 95.3 Å². The van der Waals surface area contributed by atoms with E-state index in [4.69, 9.17) is 39.5 Å². The minimum absolute atomic E-state index is 0.379. The zero-order valence-electron chi connectivity index (χ0n) is 6.89. The third-order valence-corrected chi connectivity index (χ3v) is 1.85. The molecule has 1 aliphatic carbocycles. The molecular weight excluding hydrogens is 256 g/mol. The quantitative estimate of drug-likeness (QED) is 0.693. The fourth-order valence-electron chi connectivity index (χ4n) is 0.923. The second-order valence-electron chi connectivity index (χ2n) is 2.77. The number of alkyl halides is 5. The molecule has 0 aromatic carbocycles. The summed E-state index contributed by atoms with van der Waals surface area (Å²) < 4.78 is 29.2. The number of allylic oxidation sites excluding steroid dienone is 2. The van der Waals surface area contributed by atoms with Crippen molar-refractivity contribution in [2.75, 3.05) is 6.61 Å². The van der Waals surface area contributed by atoms with Crippen molar-refractivity contribution in [3.05, 3.63) is 24.3 Å². The van der Waals surface area contributed by atoms with Crippen LogP contribution in [0.15, 0.2) is 24.3 Å². The van der Waals surface area contributed by atoms with Crippen molar-refractivity contribution >= 4 is 34.8 Å². The molecule has 1 atom stereocenters. The van der Waals surface area contributed by atoms with Crippen LogP contribution in [0.3, 0.4) is 0 Å². The van der Waals surface area contributed by atoms with Crippen LogP contribution in [0.25, 0.3) is 0 Å². The van der Waals surface area contributed by atoms with Crippen molar-refractivity contribution in [3.63, 3.8) is 0 Å². The van der Waals surface area contributed by atoms with Crippen molar-refractivity contribution in [3.8, 4) is 0 Å². The maximum absolute atomic E-state index is 13.1. The van der Waals surface area contributed by atoms with Crippen LogP contribution in [0.4, 0.5) is 8.78 Å². The standard InChI is InChI=1S/C8H7Cl3F2O/c9-8(10,11)5-14-6-3-1-2-4-7(6,12)13/h1-4,6H,5H2. The highest BCUT2D eigenvalue weighted by atomic mass is 35.6. The van der Waals surface area contributed by atoms with Gasteiger partial charge in [-0.25, -0.2) is 0 Å². The molecule has 1 rings (SSSR count). The van der Waals surface area contributed by atoms with Crippen molar-refractivity contribution in [2.24, 2.45) is 0 Å². The monoisotopic (exact) mass is 262 g/mol. The number of hydrogen-bond acceptors (Lipinski definition) is 1. The van der Waals surface area contributed by atoms with Gasteiger partial charge < -0.3 is 4.74 Å².